The van der Waals surface area contributed by atoms with Crippen molar-refractivity contribution in [1.82, 2.24) is 9.97 Å². The number of anilines is 1. The molecule has 0 N–H and O–H groups in total. The molecule has 0 aliphatic carbocycles. The Balaban J connectivity index is 1.77. The number of aliphatic imine (C=N–C) groups is 1. The molecule has 1 aromatic heterocycles. The molecule has 0 bridgehead atoms. The van der Waals surface area contributed by atoms with Gasteiger partial charge in [-0.2, -0.15) is 0 Å². The molecule has 0 amide bonds. The maximum Gasteiger partial charge on any atom is 0.136 e. The molecule has 1 aliphatic heterocycles. The molecule has 3 aromatic rings. The topological polar surface area (TPSA) is 50.6 Å². The van der Waals surface area contributed by atoms with Gasteiger partial charge in [0.25, 0.3) is 0 Å². The van der Waals surface area contributed by atoms with E-state index < -0.39 is 11.6 Å². The number of fused-ring (bicyclic) bond motifs is 1. The fourth-order valence-corrected chi connectivity index (χ4v) is 4.23. The van der Waals surface area contributed by atoms with Crippen LogP contribution in [0.5, 0.6) is 0 Å². The molecular weight excluding hydrogens is 458 g/mol. The molecule has 2 heterocycles. The van der Waals surface area contributed by atoms with Crippen LogP contribution in [0, 0.1) is 18.6 Å². The van der Waals surface area contributed by atoms with Gasteiger partial charge in [-0.15, -0.1) is 0 Å². The predicted octanol–water partition coefficient (Wildman–Crippen LogP) is 6.59. The lowest BCUT2D eigenvalue weighted by Crippen LogP contribution is -2.36. The molecule has 0 spiro atoms. The number of aryl methyl sites for hydroxylation is 1. The second kappa shape index (κ2) is 11.1. The molecule has 0 unspecified atom stereocenters. The van der Waals surface area contributed by atoms with E-state index in [9.17, 15) is 0 Å². The van der Waals surface area contributed by atoms with Crippen LogP contribution in [-0.4, -0.2) is 42.5 Å². The SMILES string of the molecule is CC(C)=CC=NC(Cc1cc(-c2ncnc3cc(N4CCOCC4)cc(F)c23)c(F)cc1C)=C(C)C. The van der Waals surface area contributed by atoms with E-state index in [0.717, 1.165) is 33.7 Å². The van der Waals surface area contributed by atoms with Crippen molar-refractivity contribution >= 4 is 22.8 Å². The second-order valence-corrected chi connectivity index (χ2v) is 9.55. The molecule has 36 heavy (non-hydrogen) atoms. The summed E-state index contributed by atoms with van der Waals surface area (Å²) in [5.74, 6) is -0.915. The molecule has 188 valence electrons. The largest absolute Gasteiger partial charge is 0.378 e. The van der Waals surface area contributed by atoms with E-state index in [2.05, 4.69) is 19.9 Å². The zero-order valence-electron chi connectivity index (χ0n) is 21.5. The predicted molar refractivity (Wildman–Crippen MR) is 143 cm³/mol. The van der Waals surface area contributed by atoms with Crippen molar-refractivity contribution < 1.29 is 13.5 Å². The quantitative estimate of drug-likeness (QED) is 0.366. The molecule has 4 rings (SSSR count). The van der Waals surface area contributed by atoms with Gasteiger partial charge < -0.3 is 9.64 Å². The summed E-state index contributed by atoms with van der Waals surface area (Å²) in [6.07, 6.45) is 5.63. The van der Waals surface area contributed by atoms with Gasteiger partial charge in [0, 0.05) is 42.7 Å². The Morgan fingerprint density at radius 2 is 1.78 bits per heavy atom. The van der Waals surface area contributed by atoms with E-state index in [1.807, 2.05) is 46.8 Å². The monoisotopic (exact) mass is 490 g/mol. The van der Waals surface area contributed by atoms with Gasteiger partial charge in [0.15, 0.2) is 0 Å². The first-order chi connectivity index (χ1) is 17.2. The minimum atomic E-state index is -0.470. The molecule has 5 nitrogen and oxygen atoms in total. The summed E-state index contributed by atoms with van der Waals surface area (Å²) < 4.78 is 36.2. The molecule has 7 heteroatoms. The van der Waals surface area contributed by atoms with Crippen molar-refractivity contribution in [3.8, 4) is 11.3 Å². The number of nitrogens with zero attached hydrogens (tertiary/aromatic N) is 4. The van der Waals surface area contributed by atoms with Gasteiger partial charge in [0.1, 0.15) is 18.0 Å². The minimum absolute atomic E-state index is 0.215. The highest BCUT2D eigenvalue weighted by molar-refractivity contribution is 5.94. The van der Waals surface area contributed by atoms with Gasteiger partial charge in [-0.3, -0.25) is 4.99 Å². The molecule has 1 saturated heterocycles. The fourth-order valence-electron chi connectivity index (χ4n) is 4.23. The zero-order valence-corrected chi connectivity index (χ0v) is 21.5. The lowest BCUT2D eigenvalue weighted by Gasteiger charge is -2.29. The van der Waals surface area contributed by atoms with Crippen molar-refractivity contribution in [2.45, 2.75) is 41.0 Å². The first-order valence-electron chi connectivity index (χ1n) is 12.1. The van der Waals surface area contributed by atoms with Crippen LogP contribution in [0.25, 0.3) is 22.2 Å². The van der Waals surface area contributed by atoms with Crippen LogP contribution in [0.4, 0.5) is 14.5 Å². The summed E-state index contributed by atoms with van der Waals surface area (Å²) in [4.78, 5) is 15.3. The Bertz CT molecular complexity index is 1360. The number of halogens is 2. The first kappa shape index (κ1) is 25.6. The molecule has 0 radical (unpaired) electrons. The van der Waals surface area contributed by atoms with Crippen LogP contribution in [0.2, 0.25) is 0 Å². The number of allylic oxidation sites excluding steroid dienone is 4. The van der Waals surface area contributed by atoms with Gasteiger partial charge in [0.2, 0.25) is 0 Å². The summed E-state index contributed by atoms with van der Waals surface area (Å²) in [6.45, 7) is 12.5. The lowest BCUT2D eigenvalue weighted by molar-refractivity contribution is 0.122. The molecule has 2 aromatic carbocycles. The maximum atomic E-state index is 15.5. The first-order valence-corrected chi connectivity index (χ1v) is 12.1. The highest BCUT2D eigenvalue weighted by Gasteiger charge is 2.20. The van der Waals surface area contributed by atoms with Crippen LogP contribution in [0.15, 0.2) is 58.5 Å². The summed E-state index contributed by atoms with van der Waals surface area (Å²) in [7, 11) is 0. The summed E-state index contributed by atoms with van der Waals surface area (Å²) in [6, 6.07) is 6.57. The highest BCUT2D eigenvalue weighted by Crippen LogP contribution is 2.34. The third kappa shape index (κ3) is 5.68. The Hall–Kier alpha value is -3.45. The molecule has 1 fully saturated rings. The van der Waals surface area contributed by atoms with Gasteiger partial charge in [-0.25, -0.2) is 18.7 Å². The van der Waals surface area contributed by atoms with Crippen molar-refractivity contribution in [2.24, 2.45) is 4.99 Å². The number of morpholine rings is 1. The summed E-state index contributed by atoms with van der Waals surface area (Å²) in [5.41, 5.74) is 6.53. The van der Waals surface area contributed by atoms with E-state index in [4.69, 9.17) is 4.74 Å². The van der Waals surface area contributed by atoms with E-state index in [0.29, 0.717) is 38.2 Å². The van der Waals surface area contributed by atoms with E-state index in [-0.39, 0.29) is 16.6 Å². The van der Waals surface area contributed by atoms with Crippen LogP contribution >= 0.6 is 0 Å². The molecular formula is C29H32F2N4O. The number of aromatic nitrogens is 2. The average Bonchev–Trinajstić information content (AvgIpc) is 2.84. The Morgan fingerprint density at radius 3 is 2.47 bits per heavy atom. The van der Waals surface area contributed by atoms with Gasteiger partial charge in [-0.1, -0.05) is 11.1 Å². The number of hydrogen-bond acceptors (Lipinski definition) is 5. The third-order valence-electron chi connectivity index (χ3n) is 6.30. The van der Waals surface area contributed by atoms with Crippen molar-refractivity contribution in [1.29, 1.82) is 0 Å². The van der Waals surface area contributed by atoms with Gasteiger partial charge >= 0.3 is 0 Å². The van der Waals surface area contributed by atoms with Crippen molar-refractivity contribution in [2.75, 3.05) is 31.2 Å². The normalized spacial score (nSPS) is 13.9. The van der Waals surface area contributed by atoms with E-state index in [1.54, 1.807) is 12.3 Å². The van der Waals surface area contributed by atoms with Crippen molar-refractivity contribution in [3.05, 3.63) is 76.3 Å². The number of rotatable bonds is 6. The smallest absolute Gasteiger partial charge is 0.136 e. The number of hydrogen-bond donors (Lipinski definition) is 0. The molecule has 1 aliphatic rings. The second-order valence-electron chi connectivity index (χ2n) is 9.55. The average molecular weight is 491 g/mol. The van der Waals surface area contributed by atoms with Crippen LogP contribution < -0.4 is 4.90 Å². The highest BCUT2D eigenvalue weighted by atomic mass is 19.1. The lowest BCUT2D eigenvalue weighted by atomic mass is 9.96. The Kier molecular flexibility index (Phi) is 7.89. The van der Waals surface area contributed by atoms with E-state index >= 15 is 8.78 Å². The fraction of sp³-hybridized carbons (Fsp3) is 0.345. The minimum Gasteiger partial charge on any atom is -0.378 e. The summed E-state index contributed by atoms with van der Waals surface area (Å²) >= 11 is 0. The standard InChI is InChI=1S/C29H32F2N4O/c1-18(2)6-7-32-26(19(3)4)14-21-13-23(24(30)12-20(21)5)29-28-25(31)15-22(16-27(28)33-17-34-29)35-8-10-36-11-9-35/h6-7,12-13,15-17H,8-11,14H2,1-5H3. The Morgan fingerprint density at radius 1 is 1.03 bits per heavy atom. The van der Waals surface area contributed by atoms with E-state index in [1.165, 1.54) is 18.5 Å². The van der Waals surface area contributed by atoms with Crippen LogP contribution in [-0.2, 0) is 11.2 Å². The van der Waals surface area contributed by atoms with Gasteiger partial charge in [-0.05, 0) is 76.1 Å². The van der Waals surface area contributed by atoms with Crippen LogP contribution in [0.3, 0.4) is 0 Å². The number of ether oxygens (including phenoxy) is 1. The van der Waals surface area contributed by atoms with Crippen molar-refractivity contribution in [3.63, 3.8) is 0 Å². The molecule has 0 atom stereocenters. The van der Waals surface area contributed by atoms with Gasteiger partial charge in [0.05, 0.1) is 29.8 Å². The number of benzene rings is 2. The maximum absolute atomic E-state index is 15.5. The Labute approximate surface area is 211 Å². The zero-order chi connectivity index (χ0) is 25.8. The summed E-state index contributed by atoms with van der Waals surface area (Å²) in [5, 5.41) is 0.215. The third-order valence-corrected chi connectivity index (χ3v) is 6.30. The molecule has 0 saturated carbocycles. The van der Waals surface area contributed by atoms with Crippen LogP contribution in [0.1, 0.15) is 38.8 Å².